The molecule has 7 heteroatoms. The van der Waals surface area contributed by atoms with Crippen molar-refractivity contribution in [3.63, 3.8) is 0 Å². The monoisotopic (exact) mass is 236 g/mol. The molecule has 2 N–H and O–H groups in total. The lowest BCUT2D eigenvalue weighted by atomic mass is 9.85. The van der Waals surface area contributed by atoms with E-state index in [2.05, 4.69) is 0 Å². The summed E-state index contributed by atoms with van der Waals surface area (Å²) in [5, 5.41) is 17.3. The first kappa shape index (κ1) is 12.3. The lowest BCUT2D eigenvalue weighted by molar-refractivity contribution is -0.150. The molecule has 2 unspecified atom stereocenters. The van der Waals surface area contributed by atoms with Crippen LogP contribution >= 0.6 is 0 Å². The van der Waals surface area contributed by atoms with Gasteiger partial charge in [-0.05, 0) is 0 Å². The molecule has 0 radical (unpaired) electrons. The quantitative estimate of drug-likeness (QED) is 0.760. The largest absolute Gasteiger partial charge is 0.481 e. The van der Waals surface area contributed by atoms with Gasteiger partial charge in [-0.25, -0.2) is 0 Å². The second-order valence-corrected chi connectivity index (χ2v) is 3.21. The zero-order chi connectivity index (χ0) is 12.5. The van der Waals surface area contributed by atoms with Crippen molar-refractivity contribution in [3.8, 4) is 0 Å². The Labute approximate surface area is 87.7 Å². The average molecular weight is 236 g/mol. The number of carboxylic acid groups (broad SMARTS) is 2. The molecule has 0 heterocycles. The van der Waals surface area contributed by atoms with Crippen LogP contribution in [0.3, 0.4) is 0 Å². The van der Waals surface area contributed by atoms with Crippen LogP contribution in [0.5, 0.6) is 0 Å². The molecule has 0 saturated carbocycles. The second-order valence-electron chi connectivity index (χ2n) is 3.21. The van der Waals surface area contributed by atoms with E-state index in [-0.39, 0.29) is 0 Å². The van der Waals surface area contributed by atoms with E-state index in [1.165, 1.54) is 0 Å². The van der Waals surface area contributed by atoms with Gasteiger partial charge in [-0.1, -0.05) is 18.2 Å². The number of aliphatic carboxylic acids is 2. The summed E-state index contributed by atoms with van der Waals surface area (Å²) in [6.45, 7) is 0. The molecule has 0 aliphatic heterocycles. The smallest absolute Gasteiger partial charge is 0.416 e. The van der Waals surface area contributed by atoms with Crippen LogP contribution in [0.25, 0.3) is 0 Å². The molecule has 0 aromatic carbocycles. The molecule has 4 nitrogen and oxygen atoms in total. The summed E-state index contributed by atoms with van der Waals surface area (Å²) in [5.41, 5.74) is -1.14. The fourth-order valence-electron chi connectivity index (χ4n) is 1.33. The lowest BCUT2D eigenvalue weighted by Gasteiger charge is -2.20. The molecule has 16 heavy (non-hydrogen) atoms. The number of halogens is 3. The van der Waals surface area contributed by atoms with Gasteiger partial charge in [0.15, 0.2) is 0 Å². The van der Waals surface area contributed by atoms with Crippen LogP contribution in [0.1, 0.15) is 0 Å². The van der Waals surface area contributed by atoms with Crippen molar-refractivity contribution in [2.45, 2.75) is 6.18 Å². The van der Waals surface area contributed by atoms with E-state index >= 15 is 0 Å². The van der Waals surface area contributed by atoms with Crippen LogP contribution in [0.15, 0.2) is 23.8 Å². The van der Waals surface area contributed by atoms with Crippen molar-refractivity contribution in [2.24, 2.45) is 11.8 Å². The molecule has 0 fully saturated rings. The Bertz CT molecular complexity index is 381. The fraction of sp³-hybridized carbons (Fsp3) is 0.333. The van der Waals surface area contributed by atoms with Gasteiger partial charge in [0.2, 0.25) is 0 Å². The molecule has 0 aromatic rings. The third-order valence-corrected chi connectivity index (χ3v) is 2.13. The highest BCUT2D eigenvalue weighted by atomic mass is 19.4. The Hall–Kier alpha value is -1.79. The van der Waals surface area contributed by atoms with Crippen molar-refractivity contribution in [2.75, 3.05) is 0 Å². The minimum Gasteiger partial charge on any atom is -0.481 e. The summed E-state index contributed by atoms with van der Waals surface area (Å²) >= 11 is 0. The highest BCUT2D eigenvalue weighted by Crippen LogP contribution is 2.33. The number of allylic oxidation sites excluding steroid dienone is 2. The summed E-state index contributed by atoms with van der Waals surface area (Å²) in [6, 6.07) is 0. The van der Waals surface area contributed by atoms with Gasteiger partial charge in [0.25, 0.3) is 0 Å². The fourth-order valence-corrected chi connectivity index (χ4v) is 1.33. The van der Waals surface area contributed by atoms with Crippen LogP contribution in [0, 0.1) is 11.8 Å². The topological polar surface area (TPSA) is 74.6 Å². The Morgan fingerprint density at radius 3 is 2.00 bits per heavy atom. The molecule has 2 atom stereocenters. The van der Waals surface area contributed by atoms with Crippen molar-refractivity contribution in [1.29, 1.82) is 0 Å². The first-order valence-electron chi connectivity index (χ1n) is 4.16. The summed E-state index contributed by atoms with van der Waals surface area (Å²) in [6.07, 6.45) is -2.93. The van der Waals surface area contributed by atoms with Crippen molar-refractivity contribution < 1.29 is 33.0 Å². The minimum absolute atomic E-state index is 0.418. The zero-order valence-electron chi connectivity index (χ0n) is 7.73. The number of carboxylic acids is 2. The lowest BCUT2D eigenvalue weighted by Crippen LogP contribution is -2.30. The highest BCUT2D eigenvalue weighted by Gasteiger charge is 2.39. The van der Waals surface area contributed by atoms with Crippen LogP contribution in [0.2, 0.25) is 0 Å². The van der Waals surface area contributed by atoms with Gasteiger partial charge < -0.3 is 10.2 Å². The first-order chi connectivity index (χ1) is 7.23. The predicted octanol–water partition coefficient (Wildman–Crippen LogP) is 1.45. The molecule has 1 aliphatic rings. The normalized spacial score (nSPS) is 25.1. The SMILES string of the molecule is O=C(O)C1C=CC(C(F)(F)F)=CC1C(=O)O. The van der Waals surface area contributed by atoms with Gasteiger partial charge in [0, 0.05) is 0 Å². The number of rotatable bonds is 2. The number of alkyl halides is 3. The standard InChI is InChI=1S/C9H7F3O4/c10-9(11,12)4-1-2-5(7(13)14)6(3-4)8(15)16/h1-3,5-6H,(H,13,14)(H,15,16). The summed E-state index contributed by atoms with van der Waals surface area (Å²) < 4.78 is 36.7. The zero-order valence-corrected chi connectivity index (χ0v) is 7.73. The van der Waals surface area contributed by atoms with E-state index in [4.69, 9.17) is 10.2 Å². The molecular formula is C9H7F3O4. The predicted molar refractivity (Wildman–Crippen MR) is 45.5 cm³/mol. The van der Waals surface area contributed by atoms with Crippen LogP contribution in [-0.2, 0) is 9.59 Å². The molecule has 1 aliphatic carbocycles. The Kier molecular flexibility index (Phi) is 3.06. The molecule has 0 saturated heterocycles. The third kappa shape index (κ3) is 2.41. The number of carbonyl (C=O) groups is 2. The van der Waals surface area contributed by atoms with E-state index in [1.54, 1.807) is 0 Å². The first-order valence-corrected chi connectivity index (χ1v) is 4.16. The number of hydrogen-bond donors (Lipinski definition) is 2. The Balaban J connectivity index is 3.07. The van der Waals surface area contributed by atoms with Crippen LogP contribution < -0.4 is 0 Å². The highest BCUT2D eigenvalue weighted by molar-refractivity contribution is 5.84. The summed E-state index contributed by atoms with van der Waals surface area (Å²) in [7, 11) is 0. The molecular weight excluding hydrogens is 229 g/mol. The Morgan fingerprint density at radius 2 is 1.62 bits per heavy atom. The molecule has 0 bridgehead atoms. The molecule has 0 amide bonds. The van der Waals surface area contributed by atoms with Gasteiger partial charge in [0.1, 0.15) is 0 Å². The molecule has 1 rings (SSSR count). The van der Waals surface area contributed by atoms with Gasteiger partial charge in [-0.2, -0.15) is 13.2 Å². The van der Waals surface area contributed by atoms with Gasteiger partial charge >= 0.3 is 18.1 Å². The molecule has 88 valence electrons. The van der Waals surface area contributed by atoms with Gasteiger partial charge in [-0.15, -0.1) is 0 Å². The van der Waals surface area contributed by atoms with Crippen molar-refractivity contribution >= 4 is 11.9 Å². The van der Waals surface area contributed by atoms with Crippen LogP contribution in [-0.4, -0.2) is 28.3 Å². The van der Waals surface area contributed by atoms with E-state index in [0.717, 1.165) is 6.08 Å². The van der Waals surface area contributed by atoms with E-state index in [1.807, 2.05) is 0 Å². The van der Waals surface area contributed by atoms with Gasteiger partial charge in [-0.3, -0.25) is 9.59 Å². The van der Waals surface area contributed by atoms with E-state index in [9.17, 15) is 22.8 Å². The van der Waals surface area contributed by atoms with Gasteiger partial charge in [0.05, 0.1) is 17.4 Å². The molecule has 0 spiro atoms. The van der Waals surface area contributed by atoms with Crippen LogP contribution in [0.4, 0.5) is 13.2 Å². The maximum absolute atomic E-state index is 12.2. The van der Waals surface area contributed by atoms with Crippen molar-refractivity contribution in [3.05, 3.63) is 23.8 Å². The average Bonchev–Trinajstić information content (AvgIpc) is 2.15. The van der Waals surface area contributed by atoms with E-state index in [0.29, 0.717) is 12.2 Å². The molecule has 0 aromatic heterocycles. The maximum atomic E-state index is 12.2. The van der Waals surface area contributed by atoms with Crippen molar-refractivity contribution in [1.82, 2.24) is 0 Å². The van der Waals surface area contributed by atoms with E-state index < -0.39 is 35.5 Å². The second kappa shape index (κ2) is 3.99. The minimum atomic E-state index is -4.67. The summed E-state index contributed by atoms with van der Waals surface area (Å²) in [4.78, 5) is 21.2. The Morgan fingerprint density at radius 1 is 1.12 bits per heavy atom. The summed E-state index contributed by atoms with van der Waals surface area (Å²) in [5.74, 6) is -6.23. The third-order valence-electron chi connectivity index (χ3n) is 2.13. The number of hydrogen-bond acceptors (Lipinski definition) is 2. The maximum Gasteiger partial charge on any atom is 0.416 e.